The lowest BCUT2D eigenvalue weighted by Crippen LogP contribution is -2.19. The van der Waals surface area contributed by atoms with Crippen LogP contribution in [0.3, 0.4) is 0 Å². The zero-order valence-corrected chi connectivity index (χ0v) is 15.5. The van der Waals surface area contributed by atoms with Crippen molar-refractivity contribution in [2.24, 2.45) is 0 Å². The maximum atomic E-state index is 14.5. The van der Waals surface area contributed by atoms with Gasteiger partial charge in [-0.15, -0.1) is 0 Å². The summed E-state index contributed by atoms with van der Waals surface area (Å²) in [6, 6.07) is 19.1. The highest BCUT2D eigenvalue weighted by Crippen LogP contribution is 2.31. The van der Waals surface area contributed by atoms with Gasteiger partial charge in [-0.2, -0.15) is 0 Å². The minimum absolute atomic E-state index is 0.278. The van der Waals surface area contributed by atoms with Crippen LogP contribution in [0.2, 0.25) is 10.0 Å². The number of anilines is 1. The van der Waals surface area contributed by atoms with Gasteiger partial charge in [-0.25, -0.2) is 4.39 Å². The Morgan fingerprint density at radius 3 is 2.42 bits per heavy atom. The summed E-state index contributed by atoms with van der Waals surface area (Å²) in [5.41, 5.74) is 2.30. The molecule has 0 aromatic heterocycles. The number of hydrogen-bond acceptors (Lipinski definition) is 1. The number of benzene rings is 3. The zero-order valence-electron chi connectivity index (χ0n) is 14.0. The van der Waals surface area contributed by atoms with Crippen molar-refractivity contribution in [3.05, 3.63) is 88.2 Å². The lowest BCUT2D eigenvalue weighted by atomic mass is 9.96. The molecule has 0 bridgehead atoms. The molecule has 0 aliphatic carbocycles. The predicted molar refractivity (Wildman–Crippen MR) is 105 cm³/mol. The Morgan fingerprint density at radius 2 is 1.73 bits per heavy atom. The van der Waals surface area contributed by atoms with Gasteiger partial charge in [0.15, 0.2) is 0 Å². The third-order valence-electron chi connectivity index (χ3n) is 4.18. The Kier molecular flexibility index (Phi) is 5.60. The van der Waals surface area contributed by atoms with Crippen LogP contribution in [0, 0.1) is 5.82 Å². The van der Waals surface area contributed by atoms with Crippen LogP contribution in [-0.4, -0.2) is 5.91 Å². The molecule has 1 amide bonds. The van der Waals surface area contributed by atoms with Gasteiger partial charge in [-0.1, -0.05) is 71.7 Å². The van der Waals surface area contributed by atoms with Gasteiger partial charge in [0, 0.05) is 5.56 Å². The summed E-state index contributed by atoms with van der Waals surface area (Å²) in [7, 11) is 0. The fourth-order valence-corrected chi connectivity index (χ4v) is 2.99. The van der Waals surface area contributed by atoms with Gasteiger partial charge >= 0.3 is 0 Å². The fraction of sp³-hybridized carbons (Fsp3) is 0.0952. The molecule has 1 atom stereocenters. The molecule has 0 heterocycles. The lowest BCUT2D eigenvalue weighted by Gasteiger charge is -2.15. The molecule has 3 aromatic rings. The molecule has 5 heteroatoms. The molecule has 0 aliphatic rings. The first-order chi connectivity index (χ1) is 12.5. The van der Waals surface area contributed by atoms with E-state index in [0.29, 0.717) is 21.8 Å². The molecular weight excluding hydrogens is 372 g/mol. The van der Waals surface area contributed by atoms with Crippen molar-refractivity contribution >= 4 is 34.8 Å². The Hall–Kier alpha value is -2.36. The van der Waals surface area contributed by atoms with Gasteiger partial charge in [0.2, 0.25) is 5.91 Å². The van der Waals surface area contributed by atoms with E-state index in [9.17, 15) is 9.18 Å². The molecule has 132 valence electrons. The number of amides is 1. The van der Waals surface area contributed by atoms with Crippen LogP contribution < -0.4 is 5.32 Å². The highest BCUT2D eigenvalue weighted by molar-refractivity contribution is 6.44. The average Bonchev–Trinajstić information content (AvgIpc) is 2.65. The fourth-order valence-electron chi connectivity index (χ4n) is 2.65. The third kappa shape index (κ3) is 3.90. The summed E-state index contributed by atoms with van der Waals surface area (Å²) in [5.74, 6) is -1.21. The molecule has 0 radical (unpaired) electrons. The third-order valence-corrected chi connectivity index (χ3v) is 5.00. The number of rotatable bonds is 4. The molecule has 0 unspecified atom stereocenters. The summed E-state index contributed by atoms with van der Waals surface area (Å²) >= 11 is 12.1. The largest absolute Gasteiger partial charge is 0.324 e. The second kappa shape index (κ2) is 7.90. The van der Waals surface area contributed by atoms with Crippen LogP contribution >= 0.6 is 23.2 Å². The quantitative estimate of drug-likeness (QED) is 0.540. The number of carbonyl (C=O) groups is 1. The molecule has 0 fully saturated rings. The monoisotopic (exact) mass is 387 g/mol. The number of halogens is 3. The van der Waals surface area contributed by atoms with Gasteiger partial charge in [-0.3, -0.25) is 4.79 Å². The number of hydrogen-bond donors (Lipinski definition) is 1. The first kappa shape index (κ1) is 18.4. The van der Waals surface area contributed by atoms with Crippen LogP contribution in [0.1, 0.15) is 18.4 Å². The molecule has 3 rings (SSSR count). The first-order valence-electron chi connectivity index (χ1n) is 8.07. The lowest BCUT2D eigenvalue weighted by molar-refractivity contribution is -0.117. The van der Waals surface area contributed by atoms with E-state index < -0.39 is 5.92 Å². The van der Waals surface area contributed by atoms with E-state index in [1.54, 1.807) is 37.3 Å². The summed E-state index contributed by atoms with van der Waals surface area (Å²) in [4.78, 5) is 12.5. The molecule has 0 saturated heterocycles. The van der Waals surface area contributed by atoms with Crippen molar-refractivity contribution in [1.29, 1.82) is 0 Å². The topological polar surface area (TPSA) is 29.1 Å². The van der Waals surface area contributed by atoms with E-state index in [1.165, 1.54) is 6.07 Å². The Morgan fingerprint density at radius 1 is 1.00 bits per heavy atom. The Balaban J connectivity index is 1.81. The van der Waals surface area contributed by atoms with Crippen molar-refractivity contribution in [3.8, 4) is 11.1 Å². The standard InChI is InChI=1S/C21H16Cl2FNO/c1-13(21(26)25-19-9-5-8-17(22)20(19)23)15-10-11-16(18(24)12-15)14-6-3-2-4-7-14/h2-13H,1H3,(H,25,26)/t13-/m0/s1. The smallest absolute Gasteiger partial charge is 0.231 e. The van der Waals surface area contributed by atoms with Crippen molar-refractivity contribution in [2.75, 3.05) is 5.32 Å². The normalized spacial score (nSPS) is 11.8. The predicted octanol–water partition coefficient (Wildman–Crippen LogP) is 6.54. The van der Waals surface area contributed by atoms with E-state index in [2.05, 4.69) is 5.32 Å². The van der Waals surface area contributed by atoms with E-state index in [4.69, 9.17) is 23.2 Å². The second-order valence-corrected chi connectivity index (χ2v) is 6.70. The van der Waals surface area contributed by atoms with Gasteiger partial charge in [-0.05, 0) is 36.2 Å². The molecule has 0 aliphatic heterocycles. The van der Waals surface area contributed by atoms with Crippen LogP contribution in [0.5, 0.6) is 0 Å². The summed E-state index contributed by atoms with van der Waals surface area (Å²) in [6.07, 6.45) is 0. The molecule has 1 N–H and O–H groups in total. The molecule has 0 spiro atoms. The minimum atomic E-state index is -0.552. The van der Waals surface area contributed by atoms with Gasteiger partial charge in [0.25, 0.3) is 0 Å². The van der Waals surface area contributed by atoms with E-state index in [1.807, 2.05) is 30.3 Å². The van der Waals surface area contributed by atoms with Gasteiger partial charge in [0.1, 0.15) is 5.82 Å². The summed E-state index contributed by atoms with van der Waals surface area (Å²) in [6.45, 7) is 1.71. The van der Waals surface area contributed by atoms with Crippen LogP contribution in [-0.2, 0) is 4.79 Å². The van der Waals surface area contributed by atoms with E-state index in [0.717, 1.165) is 5.56 Å². The van der Waals surface area contributed by atoms with Crippen molar-refractivity contribution in [1.82, 2.24) is 0 Å². The van der Waals surface area contributed by atoms with Crippen molar-refractivity contribution < 1.29 is 9.18 Å². The highest BCUT2D eigenvalue weighted by atomic mass is 35.5. The average molecular weight is 388 g/mol. The van der Waals surface area contributed by atoms with Crippen molar-refractivity contribution in [3.63, 3.8) is 0 Å². The SMILES string of the molecule is C[C@H](C(=O)Nc1cccc(Cl)c1Cl)c1ccc(-c2ccccc2)c(F)c1. The number of nitrogens with one attached hydrogen (secondary N) is 1. The molecule has 2 nitrogen and oxygen atoms in total. The molecule has 26 heavy (non-hydrogen) atoms. The maximum absolute atomic E-state index is 14.5. The van der Waals surface area contributed by atoms with Crippen LogP contribution in [0.25, 0.3) is 11.1 Å². The number of carbonyl (C=O) groups excluding carboxylic acids is 1. The molecular formula is C21H16Cl2FNO. The van der Waals surface area contributed by atoms with E-state index >= 15 is 0 Å². The van der Waals surface area contributed by atoms with Crippen LogP contribution in [0.4, 0.5) is 10.1 Å². The highest BCUT2D eigenvalue weighted by Gasteiger charge is 2.18. The minimum Gasteiger partial charge on any atom is -0.324 e. The summed E-state index contributed by atoms with van der Waals surface area (Å²) < 4.78 is 14.5. The summed E-state index contributed by atoms with van der Waals surface area (Å²) in [5, 5.41) is 3.37. The van der Waals surface area contributed by atoms with Gasteiger partial charge < -0.3 is 5.32 Å². The van der Waals surface area contributed by atoms with Crippen molar-refractivity contribution in [2.45, 2.75) is 12.8 Å². The Bertz CT molecular complexity index is 944. The molecule has 0 saturated carbocycles. The zero-order chi connectivity index (χ0) is 18.7. The van der Waals surface area contributed by atoms with E-state index in [-0.39, 0.29) is 16.7 Å². The second-order valence-electron chi connectivity index (χ2n) is 5.92. The van der Waals surface area contributed by atoms with Crippen LogP contribution in [0.15, 0.2) is 66.7 Å². The Labute approximate surface area is 161 Å². The first-order valence-corrected chi connectivity index (χ1v) is 8.82. The maximum Gasteiger partial charge on any atom is 0.231 e. The molecule has 3 aromatic carbocycles. The van der Waals surface area contributed by atoms with Gasteiger partial charge in [0.05, 0.1) is 21.7 Å².